The molecule has 0 saturated carbocycles. The Morgan fingerprint density at radius 3 is 2.90 bits per heavy atom. The number of unbranched alkanes of at least 4 members (excludes halogenated alkanes) is 4. The van der Waals surface area contributed by atoms with Crippen LogP contribution in [0, 0.1) is 0 Å². The molecule has 0 amide bonds. The van der Waals surface area contributed by atoms with Gasteiger partial charge in [0.25, 0.3) is 0 Å². The largest absolute Gasteiger partial charge is 0.360 e. The fourth-order valence-corrected chi connectivity index (χ4v) is 4.65. The molecule has 31 heavy (non-hydrogen) atoms. The van der Waals surface area contributed by atoms with E-state index in [9.17, 15) is 0 Å². The van der Waals surface area contributed by atoms with Crippen LogP contribution in [0.25, 0.3) is 22.2 Å². The number of H-pyrrole nitrogens is 1. The third-order valence-corrected chi connectivity index (χ3v) is 6.38. The fourth-order valence-electron chi connectivity index (χ4n) is 4.46. The molecular formula is C24H33ClN6. The average molecular weight is 441 g/mol. The van der Waals surface area contributed by atoms with Gasteiger partial charge < -0.3 is 20.9 Å². The Balaban J connectivity index is 1.36. The number of hydrogen-bond donors (Lipinski definition) is 3. The van der Waals surface area contributed by atoms with E-state index in [0.29, 0.717) is 17.0 Å². The van der Waals surface area contributed by atoms with Crippen LogP contribution >= 0.6 is 11.6 Å². The van der Waals surface area contributed by atoms with Gasteiger partial charge in [-0.3, -0.25) is 0 Å². The van der Waals surface area contributed by atoms with Gasteiger partial charge in [0.05, 0.1) is 16.9 Å². The summed E-state index contributed by atoms with van der Waals surface area (Å²) in [6, 6.07) is 8.56. The van der Waals surface area contributed by atoms with Crippen LogP contribution in [0.5, 0.6) is 0 Å². The normalized spacial score (nSPS) is 17.3. The van der Waals surface area contributed by atoms with Crippen LogP contribution in [-0.2, 0) is 0 Å². The third-order valence-electron chi connectivity index (χ3n) is 6.11. The first kappa shape index (κ1) is 22.1. The van der Waals surface area contributed by atoms with Gasteiger partial charge >= 0.3 is 0 Å². The Hall–Kier alpha value is -2.15. The van der Waals surface area contributed by atoms with Gasteiger partial charge in [-0.05, 0) is 51.4 Å². The zero-order chi connectivity index (χ0) is 21.5. The van der Waals surface area contributed by atoms with Crippen LogP contribution in [0.15, 0.2) is 36.7 Å². The Bertz CT molecular complexity index is 972. The minimum atomic E-state index is 0.364. The highest BCUT2D eigenvalue weighted by molar-refractivity contribution is 6.33. The summed E-state index contributed by atoms with van der Waals surface area (Å²) < 4.78 is 0. The Morgan fingerprint density at radius 2 is 2.00 bits per heavy atom. The first-order chi connectivity index (χ1) is 15.2. The van der Waals surface area contributed by atoms with Gasteiger partial charge in [-0.1, -0.05) is 49.1 Å². The highest BCUT2D eigenvalue weighted by Crippen LogP contribution is 2.32. The number of piperidine rings is 1. The molecule has 0 unspecified atom stereocenters. The smallest absolute Gasteiger partial charge is 0.223 e. The molecule has 1 saturated heterocycles. The molecule has 0 aliphatic carbocycles. The number of benzene rings is 1. The van der Waals surface area contributed by atoms with E-state index in [2.05, 4.69) is 32.3 Å². The number of aromatic amines is 1. The van der Waals surface area contributed by atoms with E-state index in [4.69, 9.17) is 22.3 Å². The molecule has 4 N–H and O–H groups in total. The number of para-hydroxylation sites is 1. The summed E-state index contributed by atoms with van der Waals surface area (Å²) in [6.45, 7) is 4.21. The summed E-state index contributed by atoms with van der Waals surface area (Å²) in [4.78, 5) is 15.1. The Labute approximate surface area is 189 Å². The van der Waals surface area contributed by atoms with Crippen LogP contribution in [0.1, 0.15) is 44.9 Å². The maximum atomic E-state index is 6.47. The van der Waals surface area contributed by atoms with E-state index in [1.165, 1.54) is 45.2 Å². The zero-order valence-corrected chi connectivity index (χ0v) is 18.9. The molecule has 1 fully saturated rings. The van der Waals surface area contributed by atoms with E-state index in [1.807, 2.05) is 18.3 Å². The number of nitrogens with two attached hydrogens (primary N) is 1. The van der Waals surface area contributed by atoms with Crippen LogP contribution in [0.2, 0.25) is 5.02 Å². The minimum absolute atomic E-state index is 0.364. The summed E-state index contributed by atoms with van der Waals surface area (Å²) in [6.07, 6.45) is 12.3. The lowest BCUT2D eigenvalue weighted by Gasteiger charge is -2.33. The number of hydrogen-bond acceptors (Lipinski definition) is 5. The Morgan fingerprint density at radius 1 is 1.16 bits per heavy atom. The molecule has 1 aliphatic heterocycles. The molecule has 1 atom stereocenters. The van der Waals surface area contributed by atoms with Crippen molar-refractivity contribution in [2.45, 2.75) is 51.0 Å². The molecule has 0 radical (unpaired) electrons. The molecule has 1 aliphatic rings. The van der Waals surface area contributed by atoms with E-state index in [-0.39, 0.29) is 0 Å². The molecule has 6 nitrogen and oxygen atoms in total. The van der Waals surface area contributed by atoms with Crippen LogP contribution < -0.4 is 11.1 Å². The van der Waals surface area contributed by atoms with Crippen molar-refractivity contribution in [1.82, 2.24) is 19.9 Å². The van der Waals surface area contributed by atoms with Crippen LogP contribution in [-0.4, -0.2) is 52.1 Å². The molecule has 166 valence electrons. The number of aromatic nitrogens is 3. The van der Waals surface area contributed by atoms with Crippen LogP contribution in [0.3, 0.4) is 0 Å². The predicted octanol–water partition coefficient (Wildman–Crippen LogP) is 5.06. The van der Waals surface area contributed by atoms with Gasteiger partial charge in [0.15, 0.2) is 0 Å². The van der Waals surface area contributed by atoms with Crippen molar-refractivity contribution in [3.63, 3.8) is 0 Å². The van der Waals surface area contributed by atoms with E-state index in [0.717, 1.165) is 48.1 Å². The molecule has 7 heteroatoms. The number of fused-ring (bicyclic) bond motifs is 1. The summed E-state index contributed by atoms with van der Waals surface area (Å²) in [5, 5.41) is 5.24. The second-order valence-corrected chi connectivity index (χ2v) is 8.89. The maximum Gasteiger partial charge on any atom is 0.223 e. The SMILES string of the molecule is NCCCCCCCN1CCC[C@@H](Nc2ncc(Cl)c(-c3c[nH]c4ccccc34)n2)C1. The average Bonchev–Trinajstić information content (AvgIpc) is 3.22. The van der Waals surface area contributed by atoms with Gasteiger partial charge in [0.1, 0.15) is 0 Å². The highest BCUT2D eigenvalue weighted by atomic mass is 35.5. The monoisotopic (exact) mass is 440 g/mol. The maximum absolute atomic E-state index is 6.47. The molecule has 3 aromatic rings. The molecule has 1 aromatic carbocycles. The van der Waals surface area contributed by atoms with Gasteiger partial charge in [0.2, 0.25) is 5.95 Å². The molecule has 4 rings (SSSR count). The lowest BCUT2D eigenvalue weighted by atomic mass is 10.0. The first-order valence-corrected chi connectivity index (χ1v) is 11.9. The molecule has 0 spiro atoms. The first-order valence-electron chi connectivity index (χ1n) is 11.5. The summed E-state index contributed by atoms with van der Waals surface area (Å²) in [5.74, 6) is 0.651. The van der Waals surface area contributed by atoms with Gasteiger partial charge in [-0.25, -0.2) is 9.97 Å². The van der Waals surface area contributed by atoms with E-state index in [1.54, 1.807) is 6.20 Å². The summed E-state index contributed by atoms with van der Waals surface area (Å²) in [5.41, 5.74) is 8.42. The lowest BCUT2D eigenvalue weighted by molar-refractivity contribution is 0.211. The lowest BCUT2D eigenvalue weighted by Crippen LogP contribution is -2.42. The second kappa shape index (κ2) is 10.9. The second-order valence-electron chi connectivity index (χ2n) is 8.48. The molecule has 0 bridgehead atoms. The quantitative estimate of drug-likeness (QED) is 0.383. The number of nitrogens with one attached hydrogen (secondary N) is 2. The standard InChI is InChI=1S/C24H33ClN6/c25-21-16-28-24(30-23(21)20-15-27-22-11-5-4-10-19(20)22)29-18-9-8-14-31(17-18)13-7-3-1-2-6-12-26/h4-5,10-11,15-16,18,27H,1-3,6-9,12-14,17,26H2,(H,28,29,30)/t18-/m1/s1. The van der Waals surface area contributed by atoms with Crippen molar-refractivity contribution in [3.8, 4) is 11.3 Å². The molecule has 3 heterocycles. The summed E-state index contributed by atoms with van der Waals surface area (Å²) in [7, 11) is 0. The molecular weight excluding hydrogens is 408 g/mol. The number of nitrogens with zero attached hydrogens (tertiary/aromatic N) is 3. The van der Waals surface area contributed by atoms with Gasteiger partial charge in [-0.2, -0.15) is 0 Å². The van der Waals surface area contributed by atoms with Crippen molar-refractivity contribution in [1.29, 1.82) is 0 Å². The van der Waals surface area contributed by atoms with Crippen molar-refractivity contribution in [2.75, 3.05) is 31.5 Å². The molecule has 2 aromatic heterocycles. The number of anilines is 1. The van der Waals surface area contributed by atoms with E-state index >= 15 is 0 Å². The predicted molar refractivity (Wildman–Crippen MR) is 130 cm³/mol. The van der Waals surface area contributed by atoms with E-state index < -0.39 is 0 Å². The number of halogens is 1. The van der Waals surface area contributed by atoms with Crippen LogP contribution in [0.4, 0.5) is 5.95 Å². The van der Waals surface area contributed by atoms with Crippen molar-refractivity contribution >= 4 is 28.5 Å². The third kappa shape index (κ3) is 5.76. The minimum Gasteiger partial charge on any atom is -0.360 e. The Kier molecular flexibility index (Phi) is 7.78. The number of rotatable bonds is 10. The summed E-state index contributed by atoms with van der Waals surface area (Å²) >= 11 is 6.47. The zero-order valence-electron chi connectivity index (χ0n) is 18.1. The van der Waals surface area contributed by atoms with Crippen molar-refractivity contribution in [3.05, 3.63) is 41.7 Å². The number of likely N-dealkylation sites (tertiary alicyclic amines) is 1. The fraction of sp³-hybridized carbons (Fsp3) is 0.500. The highest BCUT2D eigenvalue weighted by Gasteiger charge is 2.21. The van der Waals surface area contributed by atoms with Crippen molar-refractivity contribution < 1.29 is 0 Å². The van der Waals surface area contributed by atoms with Crippen molar-refractivity contribution in [2.24, 2.45) is 5.73 Å². The van der Waals surface area contributed by atoms with Gasteiger partial charge in [0, 0.05) is 35.2 Å². The topological polar surface area (TPSA) is 82.9 Å². The van der Waals surface area contributed by atoms with Gasteiger partial charge in [-0.15, -0.1) is 0 Å².